The van der Waals surface area contributed by atoms with Crippen LogP contribution in [0.4, 0.5) is 4.39 Å². The molecule has 0 fully saturated rings. The van der Waals surface area contributed by atoms with E-state index in [-0.39, 0.29) is 6.61 Å². The molecule has 2 aromatic rings. The monoisotopic (exact) mass is 298 g/mol. The van der Waals surface area contributed by atoms with Crippen LogP contribution in [0.15, 0.2) is 36.9 Å². The normalized spacial score (nSPS) is 12.9. The maximum Gasteiger partial charge on any atom is 0.348 e. The summed E-state index contributed by atoms with van der Waals surface area (Å²) in [4.78, 5) is 21.0. The summed E-state index contributed by atoms with van der Waals surface area (Å²) in [5.74, 6) is -1.79. The summed E-state index contributed by atoms with van der Waals surface area (Å²) in [6, 6.07) is 6.67. The van der Waals surface area contributed by atoms with Crippen molar-refractivity contribution >= 4 is 36.2 Å². The number of rotatable bonds is 5. The number of carbonyl (C=O) groups excluding carboxylic acids is 1. The van der Waals surface area contributed by atoms with E-state index in [1.807, 2.05) is 0 Å². The number of esters is 1. The Hall–Kier alpha value is -1.29. The van der Waals surface area contributed by atoms with E-state index in [4.69, 9.17) is 9.63 Å². The Morgan fingerprint density at radius 1 is 1.58 bits per heavy atom. The molecule has 1 N–H and O–H groups in total. The van der Waals surface area contributed by atoms with Crippen LogP contribution in [0.25, 0.3) is 10.1 Å². The van der Waals surface area contributed by atoms with Gasteiger partial charge in [-0.25, -0.2) is 9.18 Å². The standard InChI is InChI=1S/C13H12FO3PS/c1-2-5-17-13(15)11-7-9-6-8(12(14)18-16)3-4-10(9)19-11/h2-4,6-7,12,16,18H,1,5H2. The fraction of sp³-hybridized carbons (Fsp3) is 0.154. The van der Waals surface area contributed by atoms with Gasteiger partial charge >= 0.3 is 5.97 Å². The van der Waals surface area contributed by atoms with Crippen molar-refractivity contribution in [2.75, 3.05) is 6.61 Å². The first-order chi connectivity index (χ1) is 9.15. The van der Waals surface area contributed by atoms with E-state index in [0.717, 1.165) is 10.1 Å². The Bertz CT molecular complexity index is 611. The molecule has 1 heterocycles. The van der Waals surface area contributed by atoms with E-state index in [1.54, 1.807) is 24.3 Å². The summed E-state index contributed by atoms with van der Waals surface area (Å²) < 4.78 is 19.2. The molecule has 2 rings (SSSR count). The minimum atomic E-state index is -1.37. The van der Waals surface area contributed by atoms with Crippen LogP contribution in [0.2, 0.25) is 0 Å². The van der Waals surface area contributed by atoms with E-state index in [0.29, 0.717) is 10.4 Å². The summed E-state index contributed by atoms with van der Waals surface area (Å²) in [5, 5.41) is 0.772. The van der Waals surface area contributed by atoms with Gasteiger partial charge in [0.15, 0.2) is 5.91 Å². The predicted molar refractivity (Wildman–Crippen MR) is 76.7 cm³/mol. The zero-order valence-electron chi connectivity index (χ0n) is 9.93. The van der Waals surface area contributed by atoms with Crippen molar-refractivity contribution < 1.29 is 18.8 Å². The first-order valence-corrected chi connectivity index (χ1v) is 7.35. The molecule has 0 saturated heterocycles. The summed E-state index contributed by atoms with van der Waals surface area (Å²) in [7, 11) is -0.784. The summed E-state index contributed by atoms with van der Waals surface area (Å²) >= 11 is 1.29. The minimum Gasteiger partial charge on any atom is -0.457 e. The van der Waals surface area contributed by atoms with Crippen molar-refractivity contribution in [2.45, 2.75) is 5.91 Å². The second-order valence-corrected chi connectivity index (χ2v) is 5.64. The smallest absolute Gasteiger partial charge is 0.348 e. The predicted octanol–water partition coefficient (Wildman–Crippen LogP) is 3.80. The highest BCUT2D eigenvalue weighted by atomic mass is 32.1. The molecule has 100 valence electrons. The number of fused-ring (bicyclic) bond motifs is 1. The van der Waals surface area contributed by atoms with E-state index in [9.17, 15) is 9.18 Å². The first-order valence-electron chi connectivity index (χ1n) is 5.51. The Morgan fingerprint density at radius 2 is 2.37 bits per heavy atom. The van der Waals surface area contributed by atoms with Gasteiger partial charge in [-0.05, 0) is 29.1 Å². The lowest BCUT2D eigenvalue weighted by atomic mass is 10.2. The molecule has 19 heavy (non-hydrogen) atoms. The van der Waals surface area contributed by atoms with Crippen LogP contribution in [-0.4, -0.2) is 17.5 Å². The van der Waals surface area contributed by atoms with Crippen LogP contribution < -0.4 is 0 Å². The van der Waals surface area contributed by atoms with Crippen LogP contribution in [0.3, 0.4) is 0 Å². The summed E-state index contributed by atoms with van der Waals surface area (Å²) in [6.45, 7) is 3.63. The quantitative estimate of drug-likeness (QED) is 0.519. The lowest BCUT2D eigenvalue weighted by Gasteiger charge is -2.03. The molecule has 0 aliphatic carbocycles. The third-order valence-corrected chi connectivity index (χ3v) is 4.14. The van der Waals surface area contributed by atoms with E-state index < -0.39 is 20.7 Å². The average molecular weight is 298 g/mol. The second-order valence-electron chi connectivity index (χ2n) is 3.79. The molecule has 0 aliphatic rings. The molecule has 1 aromatic heterocycles. The number of ether oxygens (including phenoxy) is 1. The number of alkyl halides is 1. The van der Waals surface area contributed by atoms with Crippen LogP contribution in [0.1, 0.15) is 21.1 Å². The average Bonchev–Trinajstić information content (AvgIpc) is 2.86. The van der Waals surface area contributed by atoms with Crippen molar-refractivity contribution in [1.29, 1.82) is 0 Å². The molecule has 6 heteroatoms. The summed E-state index contributed by atoms with van der Waals surface area (Å²) in [6.07, 6.45) is 1.50. The Labute approximate surface area is 115 Å². The van der Waals surface area contributed by atoms with E-state index in [2.05, 4.69) is 6.58 Å². The van der Waals surface area contributed by atoms with Gasteiger partial charge < -0.3 is 9.63 Å². The third-order valence-electron chi connectivity index (χ3n) is 2.48. The summed E-state index contributed by atoms with van der Waals surface area (Å²) in [5.41, 5.74) is 0.414. The zero-order valence-corrected chi connectivity index (χ0v) is 11.7. The molecule has 0 radical (unpaired) electrons. The van der Waals surface area contributed by atoms with Gasteiger partial charge in [0.05, 0.1) is 8.81 Å². The highest BCUT2D eigenvalue weighted by molar-refractivity contribution is 7.31. The molecule has 3 nitrogen and oxygen atoms in total. The highest BCUT2D eigenvalue weighted by Gasteiger charge is 2.14. The molecule has 2 unspecified atom stereocenters. The molecule has 0 spiro atoms. The molecule has 2 atom stereocenters. The molecule has 0 saturated carbocycles. The highest BCUT2D eigenvalue weighted by Crippen LogP contribution is 2.36. The molecular formula is C13H12FO3PS. The number of hydrogen-bond donors (Lipinski definition) is 1. The van der Waals surface area contributed by atoms with Gasteiger partial charge in [0.2, 0.25) is 0 Å². The van der Waals surface area contributed by atoms with E-state index in [1.165, 1.54) is 17.4 Å². The van der Waals surface area contributed by atoms with Crippen LogP contribution in [0.5, 0.6) is 0 Å². The van der Waals surface area contributed by atoms with Crippen LogP contribution in [-0.2, 0) is 4.74 Å². The fourth-order valence-corrected chi connectivity index (χ4v) is 2.87. The van der Waals surface area contributed by atoms with Crippen molar-refractivity contribution in [3.05, 3.63) is 47.4 Å². The maximum absolute atomic E-state index is 13.4. The lowest BCUT2D eigenvalue weighted by Crippen LogP contribution is -2.02. The molecule has 0 amide bonds. The van der Waals surface area contributed by atoms with Crippen molar-refractivity contribution in [2.24, 2.45) is 0 Å². The number of halogens is 1. The van der Waals surface area contributed by atoms with Gasteiger partial charge in [-0.15, -0.1) is 11.3 Å². The van der Waals surface area contributed by atoms with Gasteiger partial charge in [0.25, 0.3) is 0 Å². The number of benzene rings is 1. The Kier molecular flexibility index (Phi) is 4.64. The second kappa shape index (κ2) is 6.24. The molecule has 0 aliphatic heterocycles. The van der Waals surface area contributed by atoms with Crippen molar-refractivity contribution in [3.63, 3.8) is 0 Å². The van der Waals surface area contributed by atoms with Crippen LogP contribution >= 0.6 is 20.1 Å². The van der Waals surface area contributed by atoms with Crippen LogP contribution in [0, 0.1) is 0 Å². The maximum atomic E-state index is 13.4. The number of carbonyl (C=O) groups is 1. The van der Waals surface area contributed by atoms with Gasteiger partial charge in [-0.1, -0.05) is 18.7 Å². The van der Waals surface area contributed by atoms with Gasteiger partial charge in [0, 0.05) is 4.70 Å². The zero-order chi connectivity index (χ0) is 13.8. The fourth-order valence-electron chi connectivity index (χ4n) is 1.60. The van der Waals surface area contributed by atoms with Crippen molar-refractivity contribution in [3.8, 4) is 0 Å². The van der Waals surface area contributed by atoms with E-state index >= 15 is 0 Å². The largest absolute Gasteiger partial charge is 0.457 e. The third kappa shape index (κ3) is 3.18. The SMILES string of the molecule is C=CCOC(=O)c1cc2cc(C(F)PO)ccc2s1. The minimum absolute atomic E-state index is 0.163. The van der Waals surface area contributed by atoms with Gasteiger partial charge in [-0.3, -0.25) is 0 Å². The van der Waals surface area contributed by atoms with Gasteiger partial charge in [0.1, 0.15) is 11.5 Å². The van der Waals surface area contributed by atoms with Crippen molar-refractivity contribution in [1.82, 2.24) is 0 Å². The number of thiophene rings is 1. The van der Waals surface area contributed by atoms with Gasteiger partial charge in [-0.2, -0.15) is 0 Å². The molecule has 1 aromatic carbocycles. The Morgan fingerprint density at radius 3 is 3.05 bits per heavy atom. The molecule has 0 bridgehead atoms. The first kappa shape index (κ1) is 14.1. The lowest BCUT2D eigenvalue weighted by molar-refractivity contribution is 0.0555. The number of hydrogen-bond acceptors (Lipinski definition) is 4. The topological polar surface area (TPSA) is 46.5 Å². The Balaban J connectivity index is 2.30. The molecular weight excluding hydrogens is 286 g/mol.